The molecule has 1 atom stereocenters. The normalized spacial score (nSPS) is 14.2. The number of hydrogen-bond acceptors (Lipinski definition) is 5. The van der Waals surface area contributed by atoms with Crippen LogP contribution in [0, 0.1) is 0 Å². The summed E-state index contributed by atoms with van der Waals surface area (Å²) in [6.45, 7) is 7.10. The summed E-state index contributed by atoms with van der Waals surface area (Å²) in [4.78, 5) is 28.3. The molecule has 1 aliphatic carbocycles. The smallest absolute Gasteiger partial charge is 0.242 e. The highest BCUT2D eigenvalue weighted by Gasteiger charge is 2.28. The van der Waals surface area contributed by atoms with Gasteiger partial charge in [0.1, 0.15) is 11.8 Å². The van der Waals surface area contributed by atoms with Crippen molar-refractivity contribution in [3.05, 3.63) is 53.6 Å². The van der Waals surface area contributed by atoms with Gasteiger partial charge >= 0.3 is 0 Å². The van der Waals surface area contributed by atoms with E-state index in [-0.39, 0.29) is 24.3 Å². The van der Waals surface area contributed by atoms with E-state index in [0.29, 0.717) is 37.7 Å². The summed E-state index contributed by atoms with van der Waals surface area (Å²) < 4.78 is 16.7. The molecule has 0 aliphatic heterocycles. The van der Waals surface area contributed by atoms with Crippen LogP contribution in [0.25, 0.3) is 0 Å². The zero-order chi connectivity index (χ0) is 25.9. The fraction of sp³-hybridized carbons (Fsp3) is 0.517. The molecule has 1 N–H and O–H groups in total. The minimum Gasteiger partial charge on any atom is -0.497 e. The van der Waals surface area contributed by atoms with Crippen LogP contribution in [0.2, 0.25) is 0 Å². The lowest BCUT2D eigenvalue weighted by molar-refractivity contribution is -0.140. The van der Waals surface area contributed by atoms with Gasteiger partial charge in [-0.15, -0.1) is 0 Å². The number of nitrogens with zero attached hydrogens (tertiary/aromatic N) is 1. The van der Waals surface area contributed by atoms with E-state index in [1.54, 1.807) is 12.0 Å². The Morgan fingerprint density at radius 3 is 2.42 bits per heavy atom. The standard InChI is InChI=1S/C29H40N2O5/c1-5-35-26-16-14-22(19-27(26)36-6-2)15-17-28(32)31(20-23-10-9-13-25(18-23)34-4)21(3)29(33)30-24-11-7-8-12-24/h9-10,13-14,16,18-19,21,24H,5-8,11-12,15,17,20H2,1-4H3,(H,30,33)/t21-/m1/s1. The summed E-state index contributed by atoms with van der Waals surface area (Å²) in [6.07, 6.45) is 5.10. The molecule has 0 unspecified atom stereocenters. The van der Waals surface area contributed by atoms with E-state index in [1.165, 1.54) is 0 Å². The van der Waals surface area contributed by atoms with Crippen molar-refractivity contribution in [2.75, 3.05) is 20.3 Å². The van der Waals surface area contributed by atoms with E-state index in [4.69, 9.17) is 14.2 Å². The van der Waals surface area contributed by atoms with Crippen LogP contribution >= 0.6 is 0 Å². The molecule has 1 fully saturated rings. The second-order valence-electron chi connectivity index (χ2n) is 9.19. The summed E-state index contributed by atoms with van der Waals surface area (Å²) in [5.74, 6) is 1.94. The minimum absolute atomic E-state index is 0.0706. The van der Waals surface area contributed by atoms with Crippen molar-refractivity contribution in [3.8, 4) is 17.2 Å². The topological polar surface area (TPSA) is 77.1 Å². The number of carbonyl (C=O) groups excluding carboxylic acids is 2. The Kier molecular flexibility index (Phi) is 10.5. The Morgan fingerprint density at radius 1 is 1.00 bits per heavy atom. The number of benzene rings is 2. The Bertz CT molecular complexity index is 1000. The van der Waals surface area contributed by atoms with Gasteiger partial charge in [0.15, 0.2) is 11.5 Å². The maximum atomic E-state index is 13.5. The number of amides is 2. The lowest BCUT2D eigenvalue weighted by atomic mass is 10.1. The minimum atomic E-state index is -0.580. The Labute approximate surface area is 215 Å². The van der Waals surface area contributed by atoms with Gasteiger partial charge < -0.3 is 24.4 Å². The third kappa shape index (κ3) is 7.64. The number of methoxy groups -OCH3 is 1. The number of aryl methyl sites for hydroxylation is 1. The fourth-order valence-corrected chi connectivity index (χ4v) is 4.59. The van der Waals surface area contributed by atoms with Crippen LogP contribution < -0.4 is 19.5 Å². The summed E-state index contributed by atoms with van der Waals surface area (Å²) >= 11 is 0. The first kappa shape index (κ1) is 27.4. The van der Waals surface area contributed by atoms with Gasteiger partial charge in [0.05, 0.1) is 20.3 Å². The molecule has 0 bridgehead atoms. The lowest BCUT2D eigenvalue weighted by Gasteiger charge is -2.30. The van der Waals surface area contributed by atoms with Gasteiger partial charge in [-0.25, -0.2) is 0 Å². The van der Waals surface area contributed by atoms with Crippen molar-refractivity contribution >= 4 is 11.8 Å². The zero-order valence-electron chi connectivity index (χ0n) is 22.0. The number of nitrogens with one attached hydrogen (secondary N) is 1. The highest BCUT2D eigenvalue weighted by atomic mass is 16.5. The van der Waals surface area contributed by atoms with Crippen LogP contribution in [0.1, 0.15) is 64.0 Å². The van der Waals surface area contributed by atoms with Crippen LogP contribution in [0.5, 0.6) is 17.2 Å². The first-order chi connectivity index (χ1) is 17.4. The van der Waals surface area contributed by atoms with Crippen LogP contribution in [0.4, 0.5) is 0 Å². The molecule has 2 aromatic rings. The van der Waals surface area contributed by atoms with E-state index in [1.807, 2.05) is 63.2 Å². The first-order valence-corrected chi connectivity index (χ1v) is 13.1. The maximum absolute atomic E-state index is 13.5. The van der Waals surface area contributed by atoms with Gasteiger partial charge in [-0.05, 0) is 75.4 Å². The quantitative estimate of drug-likeness (QED) is 0.427. The van der Waals surface area contributed by atoms with Crippen LogP contribution in [-0.2, 0) is 22.6 Å². The Hall–Kier alpha value is -3.22. The van der Waals surface area contributed by atoms with Crippen LogP contribution in [0.3, 0.4) is 0 Å². The molecule has 0 spiro atoms. The lowest BCUT2D eigenvalue weighted by Crippen LogP contribution is -2.49. The summed E-state index contributed by atoms with van der Waals surface area (Å²) in [6, 6.07) is 13.0. The predicted molar refractivity (Wildman–Crippen MR) is 141 cm³/mol. The number of rotatable bonds is 13. The monoisotopic (exact) mass is 496 g/mol. The molecule has 1 saturated carbocycles. The van der Waals surface area contributed by atoms with Crippen molar-refractivity contribution in [2.24, 2.45) is 0 Å². The maximum Gasteiger partial charge on any atom is 0.242 e. The van der Waals surface area contributed by atoms with E-state index in [2.05, 4.69) is 5.32 Å². The second-order valence-corrected chi connectivity index (χ2v) is 9.19. The molecule has 36 heavy (non-hydrogen) atoms. The van der Waals surface area contributed by atoms with Crippen molar-refractivity contribution in [2.45, 2.75) is 77.9 Å². The molecule has 1 aliphatic rings. The first-order valence-electron chi connectivity index (χ1n) is 13.1. The van der Waals surface area contributed by atoms with E-state index in [9.17, 15) is 9.59 Å². The molecule has 7 nitrogen and oxygen atoms in total. The van der Waals surface area contributed by atoms with Crippen molar-refractivity contribution in [1.29, 1.82) is 0 Å². The molecule has 2 aromatic carbocycles. The molecule has 0 heterocycles. The molecular weight excluding hydrogens is 456 g/mol. The summed E-state index contributed by atoms with van der Waals surface area (Å²) in [7, 11) is 1.62. The molecule has 0 saturated heterocycles. The average molecular weight is 497 g/mol. The Morgan fingerprint density at radius 2 is 1.72 bits per heavy atom. The molecule has 196 valence electrons. The van der Waals surface area contributed by atoms with Gasteiger partial charge in [-0.2, -0.15) is 0 Å². The van der Waals surface area contributed by atoms with E-state index < -0.39 is 6.04 Å². The SMILES string of the molecule is CCOc1ccc(CCC(=O)N(Cc2cccc(OC)c2)[C@H](C)C(=O)NC2CCCC2)cc1OCC. The highest BCUT2D eigenvalue weighted by Crippen LogP contribution is 2.29. The number of carbonyl (C=O) groups is 2. The third-order valence-corrected chi connectivity index (χ3v) is 6.59. The average Bonchev–Trinajstić information content (AvgIpc) is 3.40. The molecular formula is C29H40N2O5. The number of ether oxygens (including phenoxy) is 3. The van der Waals surface area contributed by atoms with Gasteiger partial charge in [-0.3, -0.25) is 9.59 Å². The highest BCUT2D eigenvalue weighted by molar-refractivity contribution is 5.87. The van der Waals surface area contributed by atoms with Gasteiger partial charge in [0, 0.05) is 19.0 Å². The largest absolute Gasteiger partial charge is 0.497 e. The molecule has 0 aromatic heterocycles. The second kappa shape index (κ2) is 13.8. The van der Waals surface area contributed by atoms with Crippen LogP contribution in [0.15, 0.2) is 42.5 Å². The van der Waals surface area contributed by atoms with Crippen LogP contribution in [-0.4, -0.2) is 49.1 Å². The molecule has 7 heteroatoms. The van der Waals surface area contributed by atoms with Crippen molar-refractivity contribution in [3.63, 3.8) is 0 Å². The van der Waals surface area contributed by atoms with Crippen molar-refractivity contribution in [1.82, 2.24) is 10.2 Å². The fourth-order valence-electron chi connectivity index (χ4n) is 4.59. The van der Waals surface area contributed by atoms with Crippen molar-refractivity contribution < 1.29 is 23.8 Å². The Balaban J connectivity index is 1.74. The number of hydrogen-bond donors (Lipinski definition) is 1. The van der Waals surface area contributed by atoms with E-state index >= 15 is 0 Å². The zero-order valence-corrected chi connectivity index (χ0v) is 22.0. The summed E-state index contributed by atoms with van der Waals surface area (Å²) in [5.41, 5.74) is 1.91. The molecule has 3 rings (SSSR count). The predicted octanol–water partition coefficient (Wildman–Crippen LogP) is 4.90. The van der Waals surface area contributed by atoms with Gasteiger partial charge in [0.25, 0.3) is 0 Å². The third-order valence-electron chi connectivity index (χ3n) is 6.59. The van der Waals surface area contributed by atoms with Gasteiger partial charge in [0.2, 0.25) is 11.8 Å². The molecule has 2 amide bonds. The van der Waals surface area contributed by atoms with E-state index in [0.717, 1.165) is 42.6 Å². The summed E-state index contributed by atoms with van der Waals surface area (Å²) in [5, 5.41) is 3.15. The molecule has 0 radical (unpaired) electrons. The van der Waals surface area contributed by atoms with Gasteiger partial charge in [-0.1, -0.05) is 31.0 Å².